The molecule has 5 nitrogen and oxygen atoms in total. The van der Waals surface area contributed by atoms with E-state index >= 15 is 0 Å². The van der Waals surface area contributed by atoms with E-state index in [1.165, 1.54) is 4.90 Å². The van der Waals surface area contributed by atoms with Crippen LogP contribution in [0.4, 0.5) is 14.5 Å². The number of benzene rings is 1. The third-order valence-electron chi connectivity index (χ3n) is 4.18. The number of hydrogen-bond acceptors (Lipinski definition) is 5. The predicted octanol–water partition coefficient (Wildman–Crippen LogP) is 3.38. The van der Waals surface area contributed by atoms with E-state index < -0.39 is 22.3 Å². The van der Waals surface area contributed by atoms with Crippen LogP contribution in [0.25, 0.3) is 0 Å². The number of hydrogen-bond donors (Lipinski definition) is 2. The lowest BCUT2D eigenvalue weighted by Gasteiger charge is -2.45. The van der Waals surface area contributed by atoms with Gasteiger partial charge in [0.2, 0.25) is 11.9 Å². The van der Waals surface area contributed by atoms with Crippen molar-refractivity contribution in [2.24, 2.45) is 21.5 Å². The Morgan fingerprint density at radius 2 is 1.74 bits per heavy atom. The number of aliphatic imine (C=N–C) groups is 2. The minimum Gasteiger partial charge on any atom is -0.369 e. The van der Waals surface area contributed by atoms with Crippen LogP contribution in [0.1, 0.15) is 32.1 Å². The SMILES string of the molecule is NC1=NC2(CCCCC2)N(c2cc(Cl)c(F)c(Cl)c2F)C(N)=N1. The average Bonchev–Trinajstić information content (AvgIpc) is 2.50. The molecule has 1 aliphatic carbocycles. The van der Waals surface area contributed by atoms with Crippen LogP contribution in [-0.4, -0.2) is 17.6 Å². The Morgan fingerprint density at radius 1 is 1.09 bits per heavy atom. The first-order chi connectivity index (χ1) is 10.9. The number of halogens is 4. The molecule has 1 fully saturated rings. The van der Waals surface area contributed by atoms with Gasteiger partial charge in [0.25, 0.3) is 0 Å². The summed E-state index contributed by atoms with van der Waals surface area (Å²) in [5.74, 6) is -1.94. The fourth-order valence-corrected chi connectivity index (χ4v) is 3.64. The molecule has 0 amide bonds. The highest BCUT2D eigenvalue weighted by molar-refractivity contribution is 6.35. The first-order valence-electron chi connectivity index (χ1n) is 7.18. The number of guanidine groups is 2. The van der Waals surface area contributed by atoms with E-state index in [1.807, 2.05) is 0 Å². The van der Waals surface area contributed by atoms with Crippen LogP contribution in [0.3, 0.4) is 0 Å². The van der Waals surface area contributed by atoms with E-state index in [4.69, 9.17) is 34.7 Å². The van der Waals surface area contributed by atoms with Gasteiger partial charge in [0, 0.05) is 0 Å². The third kappa shape index (κ3) is 2.61. The summed E-state index contributed by atoms with van der Waals surface area (Å²) in [6.07, 6.45) is 4.04. The molecular weight excluding hydrogens is 347 g/mol. The van der Waals surface area contributed by atoms with E-state index in [0.29, 0.717) is 12.8 Å². The van der Waals surface area contributed by atoms with Crippen molar-refractivity contribution in [3.8, 4) is 0 Å². The minimum atomic E-state index is -1.01. The third-order valence-corrected chi connectivity index (χ3v) is 4.78. The lowest BCUT2D eigenvalue weighted by atomic mass is 9.87. The van der Waals surface area contributed by atoms with Crippen LogP contribution in [0.15, 0.2) is 16.1 Å². The van der Waals surface area contributed by atoms with Gasteiger partial charge in [-0.2, -0.15) is 4.99 Å². The molecule has 1 heterocycles. The first-order valence-corrected chi connectivity index (χ1v) is 7.94. The molecule has 0 aromatic heterocycles. The van der Waals surface area contributed by atoms with Gasteiger partial charge in [0.05, 0.1) is 10.7 Å². The topological polar surface area (TPSA) is 80.0 Å². The lowest BCUT2D eigenvalue weighted by Crippen LogP contribution is -2.58. The molecule has 0 saturated heterocycles. The van der Waals surface area contributed by atoms with Crippen molar-refractivity contribution in [1.29, 1.82) is 0 Å². The molecule has 1 aliphatic heterocycles. The summed E-state index contributed by atoms with van der Waals surface area (Å²) in [7, 11) is 0. The van der Waals surface area contributed by atoms with Crippen LogP contribution in [0.2, 0.25) is 10.0 Å². The van der Waals surface area contributed by atoms with Gasteiger partial charge < -0.3 is 11.5 Å². The molecule has 2 aliphatic rings. The average molecular weight is 362 g/mol. The summed E-state index contributed by atoms with van der Waals surface area (Å²) in [5.41, 5.74) is 10.8. The molecular formula is C14H15Cl2F2N5. The van der Waals surface area contributed by atoms with Crippen LogP contribution >= 0.6 is 23.2 Å². The largest absolute Gasteiger partial charge is 0.369 e. The molecule has 23 heavy (non-hydrogen) atoms. The van der Waals surface area contributed by atoms with E-state index in [1.54, 1.807) is 0 Å². The lowest BCUT2D eigenvalue weighted by molar-refractivity contribution is 0.304. The minimum absolute atomic E-state index is 0.0166. The highest BCUT2D eigenvalue weighted by Gasteiger charge is 2.44. The zero-order chi connectivity index (χ0) is 16.8. The Kier molecular flexibility index (Phi) is 4.10. The van der Waals surface area contributed by atoms with Gasteiger partial charge >= 0.3 is 0 Å². The van der Waals surface area contributed by atoms with Gasteiger partial charge in [-0.15, -0.1) is 0 Å². The molecule has 1 spiro atoms. The Morgan fingerprint density at radius 3 is 2.39 bits per heavy atom. The van der Waals surface area contributed by atoms with Crippen molar-refractivity contribution in [3.05, 3.63) is 27.7 Å². The van der Waals surface area contributed by atoms with Gasteiger partial charge in [0.15, 0.2) is 11.6 Å². The van der Waals surface area contributed by atoms with Crippen LogP contribution in [-0.2, 0) is 0 Å². The van der Waals surface area contributed by atoms with Gasteiger partial charge in [-0.25, -0.2) is 13.8 Å². The normalized spacial score (nSPS) is 20.4. The van der Waals surface area contributed by atoms with Crippen molar-refractivity contribution in [2.75, 3.05) is 4.90 Å². The van der Waals surface area contributed by atoms with E-state index in [-0.39, 0.29) is 22.6 Å². The van der Waals surface area contributed by atoms with E-state index in [2.05, 4.69) is 9.98 Å². The molecule has 3 rings (SSSR count). The number of anilines is 1. The summed E-state index contributed by atoms with van der Waals surface area (Å²) in [5, 5.41) is -0.985. The highest BCUT2D eigenvalue weighted by atomic mass is 35.5. The number of nitrogens with zero attached hydrogens (tertiary/aromatic N) is 3. The number of nitrogens with two attached hydrogens (primary N) is 2. The molecule has 1 aromatic rings. The zero-order valence-corrected chi connectivity index (χ0v) is 13.6. The van der Waals surface area contributed by atoms with Crippen molar-refractivity contribution in [1.82, 2.24) is 0 Å². The quantitative estimate of drug-likeness (QED) is 0.594. The molecule has 1 aromatic carbocycles. The Bertz CT molecular complexity index is 714. The molecule has 0 bridgehead atoms. The van der Waals surface area contributed by atoms with Gasteiger partial charge in [-0.1, -0.05) is 29.6 Å². The number of rotatable bonds is 1. The summed E-state index contributed by atoms with van der Waals surface area (Å²) < 4.78 is 28.3. The second kappa shape index (κ2) is 5.79. The molecule has 9 heteroatoms. The molecule has 0 atom stereocenters. The van der Waals surface area contributed by atoms with Crippen LogP contribution < -0.4 is 16.4 Å². The first kappa shape index (κ1) is 16.3. The van der Waals surface area contributed by atoms with Gasteiger partial charge in [-0.05, 0) is 31.7 Å². The van der Waals surface area contributed by atoms with Gasteiger partial charge in [-0.3, -0.25) is 4.90 Å². The predicted molar refractivity (Wildman–Crippen MR) is 87.9 cm³/mol. The summed E-state index contributed by atoms with van der Waals surface area (Å²) >= 11 is 11.5. The monoisotopic (exact) mass is 361 g/mol. The Balaban J connectivity index is 2.18. The molecule has 0 unspecified atom stereocenters. The maximum Gasteiger partial charge on any atom is 0.220 e. The van der Waals surface area contributed by atoms with Crippen LogP contribution in [0.5, 0.6) is 0 Å². The van der Waals surface area contributed by atoms with Crippen molar-refractivity contribution >= 4 is 40.8 Å². The maximum absolute atomic E-state index is 14.6. The molecule has 4 N–H and O–H groups in total. The summed E-state index contributed by atoms with van der Waals surface area (Å²) in [4.78, 5) is 9.75. The fraction of sp³-hybridized carbons (Fsp3) is 0.429. The maximum atomic E-state index is 14.6. The van der Waals surface area contributed by atoms with Crippen LogP contribution in [0, 0.1) is 11.6 Å². The van der Waals surface area contributed by atoms with E-state index in [0.717, 1.165) is 25.3 Å². The highest BCUT2D eigenvalue weighted by Crippen LogP contribution is 2.42. The Hall–Kier alpha value is -1.60. The second-order valence-electron chi connectivity index (χ2n) is 5.64. The summed E-state index contributed by atoms with van der Waals surface area (Å²) in [6, 6.07) is 1.15. The zero-order valence-electron chi connectivity index (χ0n) is 12.1. The second-order valence-corrected chi connectivity index (χ2v) is 6.42. The summed E-state index contributed by atoms with van der Waals surface area (Å²) in [6.45, 7) is 0. The van der Waals surface area contributed by atoms with Crippen molar-refractivity contribution in [3.63, 3.8) is 0 Å². The Labute approximate surface area is 142 Å². The van der Waals surface area contributed by atoms with Crippen molar-refractivity contribution < 1.29 is 8.78 Å². The smallest absolute Gasteiger partial charge is 0.220 e. The van der Waals surface area contributed by atoms with Crippen molar-refractivity contribution in [2.45, 2.75) is 37.8 Å². The molecule has 0 radical (unpaired) electrons. The molecule has 124 valence electrons. The molecule has 1 saturated carbocycles. The van der Waals surface area contributed by atoms with Gasteiger partial charge in [0.1, 0.15) is 10.7 Å². The van der Waals surface area contributed by atoms with E-state index in [9.17, 15) is 8.78 Å². The standard InChI is InChI=1S/C14H15Cl2F2N5/c15-7-6-8(11(18)9(16)10(7)17)23-13(20)21-12(19)22-14(23)4-2-1-3-5-14/h6H,1-5H2,(H4,19,20,21,22). The fourth-order valence-electron chi connectivity index (χ4n) is 3.19.